The Morgan fingerprint density at radius 2 is 1.00 bits per heavy atom. The zero-order valence-corrected chi connectivity index (χ0v) is 32.2. The molecule has 0 bridgehead atoms. The lowest BCUT2D eigenvalue weighted by Crippen LogP contribution is -2.41. The topological polar surface area (TPSA) is 24.1 Å². The average molecular weight is 711 g/mol. The van der Waals surface area contributed by atoms with E-state index in [9.17, 15) is 26.3 Å². The Balaban J connectivity index is 0.000000431. The molecule has 5 saturated carbocycles. The number of halogens is 6. The highest BCUT2D eigenvalue weighted by Crippen LogP contribution is 2.47. The summed E-state index contributed by atoms with van der Waals surface area (Å²) in [4.78, 5) is 0. The van der Waals surface area contributed by atoms with E-state index in [2.05, 4.69) is 44.9 Å². The normalized spacial score (nSPS) is 27.7. The van der Waals surface area contributed by atoms with Gasteiger partial charge in [0.15, 0.2) is 0 Å². The van der Waals surface area contributed by atoms with Crippen molar-refractivity contribution in [3.05, 3.63) is 12.3 Å². The largest absolute Gasteiger partial charge is 0.391 e. The highest BCUT2D eigenvalue weighted by Gasteiger charge is 2.51. The van der Waals surface area contributed by atoms with Crippen LogP contribution in [0.25, 0.3) is 0 Å². The van der Waals surface area contributed by atoms with Crippen molar-refractivity contribution >= 4 is 0 Å². The van der Waals surface area contributed by atoms with Crippen LogP contribution in [-0.4, -0.2) is 32.0 Å². The molecule has 49 heavy (non-hydrogen) atoms. The molecule has 0 radical (unpaired) electrons. The second-order valence-electron chi connectivity index (χ2n) is 16.1. The zero-order chi connectivity index (χ0) is 36.7. The predicted molar refractivity (Wildman–Crippen MR) is 196 cm³/mol. The minimum atomic E-state index is -4.58. The van der Waals surface area contributed by atoms with Gasteiger partial charge in [-0.25, -0.2) is 0 Å². The Bertz CT molecular complexity index is 749. The number of nitrogens with one attached hydrogen (secondary N) is 2. The quantitative estimate of drug-likeness (QED) is 0.184. The number of rotatable bonds is 9. The molecule has 3 unspecified atom stereocenters. The van der Waals surface area contributed by atoms with Crippen molar-refractivity contribution in [2.45, 2.75) is 188 Å². The fraction of sp³-hybridized carbons (Fsp3) is 0.951. The minimum Gasteiger partial charge on any atom is -0.388 e. The monoisotopic (exact) mass is 711 g/mol. The van der Waals surface area contributed by atoms with E-state index in [-0.39, 0.29) is 25.3 Å². The van der Waals surface area contributed by atoms with Gasteiger partial charge in [-0.15, -0.1) is 0 Å². The maximum absolute atomic E-state index is 13.1. The lowest BCUT2D eigenvalue weighted by molar-refractivity contribution is -0.228. The molecule has 0 amide bonds. The second kappa shape index (κ2) is 25.9. The second-order valence-corrected chi connectivity index (χ2v) is 16.1. The molecule has 5 rings (SSSR count). The van der Waals surface area contributed by atoms with E-state index in [0.29, 0.717) is 5.92 Å². The summed E-state index contributed by atoms with van der Waals surface area (Å²) in [7, 11) is 0. The maximum atomic E-state index is 13.1. The molecule has 2 N–H and O–H groups in total. The van der Waals surface area contributed by atoms with Crippen LogP contribution >= 0.6 is 0 Å². The fourth-order valence-electron chi connectivity index (χ4n) is 6.93. The first-order valence-electron chi connectivity index (χ1n) is 20.5. The van der Waals surface area contributed by atoms with Gasteiger partial charge in [0.2, 0.25) is 0 Å². The zero-order valence-electron chi connectivity index (χ0n) is 32.2. The summed E-state index contributed by atoms with van der Waals surface area (Å²) in [5.41, 5.74) is 0.743. The van der Waals surface area contributed by atoms with E-state index in [0.717, 1.165) is 43.2 Å². The van der Waals surface area contributed by atoms with Crippen LogP contribution in [0, 0.1) is 41.4 Å². The summed E-state index contributed by atoms with van der Waals surface area (Å²) in [6.45, 7) is 17.5. The van der Waals surface area contributed by atoms with Gasteiger partial charge < -0.3 is 10.6 Å². The first-order valence-corrected chi connectivity index (χ1v) is 20.5. The molecule has 0 aliphatic heterocycles. The van der Waals surface area contributed by atoms with Gasteiger partial charge in [-0.3, -0.25) is 0 Å². The molecule has 5 aliphatic carbocycles. The van der Waals surface area contributed by atoms with Crippen molar-refractivity contribution in [3.63, 3.8) is 0 Å². The van der Waals surface area contributed by atoms with E-state index < -0.39 is 36.5 Å². The number of alkyl halides is 6. The van der Waals surface area contributed by atoms with Crippen LogP contribution < -0.4 is 10.6 Å². The summed E-state index contributed by atoms with van der Waals surface area (Å²) in [6.07, 6.45) is 16.0. The minimum absolute atomic E-state index is 0.130. The van der Waals surface area contributed by atoms with Gasteiger partial charge in [0.1, 0.15) is 0 Å². The standard InChI is InChI=1S/C20H31F6N.C7H14.C6H15N.2C4H8/c1-12-4-6-16(7-5-12)13(2)14(3)27-11-15-8-17(19(21,22)23)10-18(9-15)20(24,25)26;1-7-5-3-2-4-6-7;1-3-5-7-6-4-2;2*1-2-4-3-1/h12-13,15-18,27H,3-11H2,1-2H3;7H,2-6H2,1H3;7H,3-6H2,1-2H3;2*1-4H2. The highest BCUT2D eigenvalue weighted by atomic mass is 19.4. The molecule has 0 saturated heterocycles. The Hall–Kier alpha value is -0.920. The third-order valence-electron chi connectivity index (χ3n) is 11.4. The summed E-state index contributed by atoms with van der Waals surface area (Å²) in [5, 5.41) is 6.36. The molecule has 2 nitrogen and oxygen atoms in total. The Kier molecular flexibility index (Phi) is 24.4. The van der Waals surface area contributed by atoms with Crippen LogP contribution in [0.3, 0.4) is 0 Å². The molecule has 0 aromatic rings. The van der Waals surface area contributed by atoms with E-state index in [1.54, 1.807) is 0 Å². The molecule has 292 valence electrons. The van der Waals surface area contributed by atoms with Gasteiger partial charge in [0.25, 0.3) is 0 Å². The van der Waals surface area contributed by atoms with Crippen LogP contribution in [0.5, 0.6) is 0 Å². The van der Waals surface area contributed by atoms with Crippen LogP contribution in [0.2, 0.25) is 0 Å². The molecule has 5 fully saturated rings. The molecule has 0 aromatic heterocycles. The Morgan fingerprint density at radius 1 is 0.612 bits per heavy atom. The first-order chi connectivity index (χ1) is 23.2. The van der Waals surface area contributed by atoms with E-state index >= 15 is 0 Å². The number of hydrogen-bond acceptors (Lipinski definition) is 2. The smallest absolute Gasteiger partial charge is 0.388 e. The molecule has 8 heteroatoms. The van der Waals surface area contributed by atoms with Gasteiger partial charge >= 0.3 is 12.4 Å². The summed E-state index contributed by atoms with van der Waals surface area (Å²) < 4.78 is 78.4. The molecule has 3 atom stereocenters. The highest BCUT2D eigenvalue weighted by molar-refractivity contribution is 5.00. The van der Waals surface area contributed by atoms with Gasteiger partial charge in [-0.2, -0.15) is 26.3 Å². The first kappa shape index (κ1) is 46.1. The summed E-state index contributed by atoms with van der Waals surface area (Å²) in [5.74, 6) is -1.99. The molecule has 5 aliphatic rings. The number of hydrogen-bond donors (Lipinski definition) is 2. The van der Waals surface area contributed by atoms with Gasteiger partial charge in [-0.05, 0) is 87.6 Å². The van der Waals surface area contributed by atoms with Crippen LogP contribution in [0.4, 0.5) is 26.3 Å². The van der Waals surface area contributed by atoms with Gasteiger partial charge in [0, 0.05) is 12.2 Å². The predicted octanol–water partition coefficient (Wildman–Crippen LogP) is 13.8. The third kappa shape index (κ3) is 21.9. The SMILES string of the molecule is C1CCC1.C1CCC1.C=C(NCC1CC(C(F)(F)F)CC(C(F)(F)F)C1)C(C)C1CCC(C)CC1.CC1CCCCC1.CCCNCCC. The molecular weight excluding hydrogens is 634 g/mol. The lowest BCUT2D eigenvalue weighted by atomic mass is 9.74. The van der Waals surface area contributed by atoms with Crippen LogP contribution in [0.15, 0.2) is 12.3 Å². The number of allylic oxidation sites excluding steroid dienone is 1. The Morgan fingerprint density at radius 3 is 1.33 bits per heavy atom. The van der Waals surface area contributed by atoms with E-state index in [1.165, 1.54) is 109 Å². The molecule has 0 aromatic carbocycles. The average Bonchev–Trinajstić information content (AvgIpc) is 2.98. The third-order valence-corrected chi connectivity index (χ3v) is 11.4. The van der Waals surface area contributed by atoms with Crippen LogP contribution in [0.1, 0.15) is 176 Å². The van der Waals surface area contributed by atoms with Crippen molar-refractivity contribution in [3.8, 4) is 0 Å². The van der Waals surface area contributed by atoms with Crippen molar-refractivity contribution in [2.75, 3.05) is 19.6 Å². The van der Waals surface area contributed by atoms with E-state index in [1.807, 2.05) is 6.92 Å². The van der Waals surface area contributed by atoms with E-state index in [4.69, 9.17) is 0 Å². The van der Waals surface area contributed by atoms with Crippen molar-refractivity contribution in [2.24, 2.45) is 41.4 Å². The van der Waals surface area contributed by atoms with Crippen molar-refractivity contribution < 1.29 is 26.3 Å². The molecular formula is C41H76F6N2. The maximum Gasteiger partial charge on any atom is 0.391 e. The fourth-order valence-corrected chi connectivity index (χ4v) is 6.93. The van der Waals surface area contributed by atoms with Crippen molar-refractivity contribution in [1.82, 2.24) is 10.6 Å². The van der Waals surface area contributed by atoms with Crippen molar-refractivity contribution in [1.29, 1.82) is 0 Å². The summed E-state index contributed by atoms with van der Waals surface area (Å²) >= 11 is 0. The molecule has 0 heterocycles. The van der Waals surface area contributed by atoms with Gasteiger partial charge in [-0.1, -0.05) is 138 Å². The molecule has 0 spiro atoms. The van der Waals surface area contributed by atoms with Crippen LogP contribution in [-0.2, 0) is 0 Å². The van der Waals surface area contributed by atoms with Gasteiger partial charge in [0.05, 0.1) is 11.8 Å². The Labute approximate surface area is 298 Å². The summed E-state index contributed by atoms with van der Waals surface area (Å²) in [6, 6.07) is 0. The lowest BCUT2D eigenvalue weighted by Gasteiger charge is -2.37.